The van der Waals surface area contributed by atoms with Gasteiger partial charge < -0.3 is 20.7 Å². The Kier molecular flexibility index (Phi) is 11.5. The van der Waals surface area contributed by atoms with E-state index < -0.39 is 39.8 Å². The molecule has 0 radical (unpaired) electrons. The second-order valence-electron chi connectivity index (χ2n) is 10.8. The standard InChI is InChI=1S/C29H40ClFN4O5S/c1-18(2)26(20-12-14-21(30)15-13-20)27(34-29(37)40-4)28(36)33-25-11-7-10-24(31)23(25)9-6-8-22-17-32-16-19(3)35(22)41(5,38)39/h7,10-15,18-19,22,26-27,32H,6,8-9,16-17H2,1-5H3,(H,33,36)(H,34,37)/t19-,22-,26+,27-/m0/s1. The average Bonchev–Trinajstić information content (AvgIpc) is 2.89. The largest absolute Gasteiger partial charge is 0.453 e. The van der Waals surface area contributed by atoms with E-state index in [2.05, 4.69) is 16.0 Å². The second-order valence-corrected chi connectivity index (χ2v) is 13.2. The minimum Gasteiger partial charge on any atom is -0.453 e. The Labute approximate surface area is 247 Å². The predicted molar refractivity (Wildman–Crippen MR) is 159 cm³/mol. The first-order valence-corrected chi connectivity index (χ1v) is 15.9. The summed E-state index contributed by atoms with van der Waals surface area (Å²) in [5.74, 6) is -1.51. The fourth-order valence-corrected chi connectivity index (χ4v) is 7.21. The highest BCUT2D eigenvalue weighted by Gasteiger charge is 2.35. The fourth-order valence-electron chi connectivity index (χ4n) is 5.63. The van der Waals surface area contributed by atoms with E-state index in [-0.39, 0.29) is 24.4 Å². The number of sulfonamides is 1. The molecule has 2 aromatic carbocycles. The lowest BCUT2D eigenvalue weighted by Crippen LogP contribution is -2.57. The summed E-state index contributed by atoms with van der Waals surface area (Å²) < 4.78 is 46.2. The topological polar surface area (TPSA) is 117 Å². The van der Waals surface area contributed by atoms with E-state index in [0.29, 0.717) is 42.2 Å². The van der Waals surface area contributed by atoms with E-state index in [1.54, 1.807) is 30.3 Å². The highest BCUT2D eigenvalue weighted by molar-refractivity contribution is 7.88. The van der Waals surface area contributed by atoms with Crippen LogP contribution in [0, 0.1) is 11.7 Å². The van der Waals surface area contributed by atoms with Crippen LogP contribution in [0.2, 0.25) is 5.02 Å². The maximum atomic E-state index is 15.1. The molecule has 0 spiro atoms. The van der Waals surface area contributed by atoms with Crippen molar-refractivity contribution in [1.29, 1.82) is 0 Å². The summed E-state index contributed by atoms with van der Waals surface area (Å²) in [6.07, 6.45) is 1.74. The number of carbonyl (C=O) groups excluding carboxylic acids is 2. The van der Waals surface area contributed by atoms with Gasteiger partial charge in [-0.25, -0.2) is 17.6 Å². The molecular weight excluding hydrogens is 571 g/mol. The first-order valence-electron chi connectivity index (χ1n) is 13.7. The van der Waals surface area contributed by atoms with E-state index in [9.17, 15) is 18.0 Å². The zero-order chi connectivity index (χ0) is 30.3. The van der Waals surface area contributed by atoms with Crippen LogP contribution in [0.1, 0.15) is 50.7 Å². The van der Waals surface area contributed by atoms with Crippen LogP contribution in [0.15, 0.2) is 42.5 Å². The molecule has 0 aliphatic carbocycles. The number of methoxy groups -OCH3 is 1. The van der Waals surface area contributed by atoms with Crippen LogP contribution in [-0.4, -0.2) is 69.3 Å². The number of ether oxygens (including phenoxy) is 1. The number of alkyl carbamates (subject to hydrolysis) is 1. The molecule has 0 bridgehead atoms. The number of nitrogens with zero attached hydrogens (tertiary/aromatic N) is 1. The molecule has 3 N–H and O–H groups in total. The summed E-state index contributed by atoms with van der Waals surface area (Å²) in [6, 6.07) is 10.0. The molecule has 0 saturated carbocycles. The number of hydrogen-bond donors (Lipinski definition) is 3. The number of anilines is 1. The van der Waals surface area contributed by atoms with Gasteiger partial charge in [0.1, 0.15) is 11.9 Å². The number of piperazine rings is 1. The van der Waals surface area contributed by atoms with Crippen LogP contribution in [0.25, 0.3) is 0 Å². The Morgan fingerprint density at radius 1 is 1.17 bits per heavy atom. The minimum atomic E-state index is -3.40. The van der Waals surface area contributed by atoms with Crippen molar-refractivity contribution in [2.45, 2.75) is 64.1 Å². The third-order valence-corrected chi connectivity index (χ3v) is 9.09. The molecule has 2 aromatic rings. The fraction of sp³-hybridized carbons (Fsp3) is 0.517. The summed E-state index contributed by atoms with van der Waals surface area (Å²) in [5.41, 5.74) is 1.40. The molecule has 0 unspecified atom stereocenters. The molecule has 0 aromatic heterocycles. The summed E-state index contributed by atoms with van der Waals surface area (Å²) in [4.78, 5) is 26.0. The first-order chi connectivity index (χ1) is 19.3. The van der Waals surface area contributed by atoms with Gasteiger partial charge in [-0.15, -0.1) is 0 Å². The van der Waals surface area contributed by atoms with Crippen molar-refractivity contribution in [3.63, 3.8) is 0 Å². The van der Waals surface area contributed by atoms with Gasteiger partial charge >= 0.3 is 6.09 Å². The van der Waals surface area contributed by atoms with Crippen molar-refractivity contribution >= 4 is 39.3 Å². The molecule has 226 valence electrons. The van der Waals surface area contributed by atoms with Crippen molar-refractivity contribution in [1.82, 2.24) is 14.9 Å². The zero-order valence-corrected chi connectivity index (χ0v) is 25.7. The molecule has 41 heavy (non-hydrogen) atoms. The molecule has 9 nitrogen and oxygen atoms in total. The maximum absolute atomic E-state index is 15.1. The smallest absolute Gasteiger partial charge is 0.407 e. The van der Waals surface area contributed by atoms with Crippen molar-refractivity contribution in [2.24, 2.45) is 5.92 Å². The maximum Gasteiger partial charge on any atom is 0.407 e. The van der Waals surface area contributed by atoms with Crippen molar-refractivity contribution in [3.05, 3.63) is 64.4 Å². The molecular formula is C29H40ClFN4O5S. The van der Waals surface area contributed by atoms with Crippen LogP contribution in [0.5, 0.6) is 0 Å². The number of rotatable bonds is 11. The van der Waals surface area contributed by atoms with Gasteiger partial charge in [0, 0.05) is 47.4 Å². The summed E-state index contributed by atoms with van der Waals surface area (Å²) in [5, 5.41) is 9.29. The number of benzene rings is 2. The third kappa shape index (κ3) is 8.64. The highest BCUT2D eigenvalue weighted by Crippen LogP contribution is 2.31. The molecule has 1 heterocycles. The Hall–Kier alpha value is -2.73. The highest BCUT2D eigenvalue weighted by atomic mass is 35.5. The Morgan fingerprint density at radius 3 is 2.46 bits per heavy atom. The number of carbonyl (C=O) groups is 2. The Morgan fingerprint density at radius 2 is 1.85 bits per heavy atom. The Bertz CT molecular complexity index is 1310. The minimum absolute atomic E-state index is 0.0691. The summed E-state index contributed by atoms with van der Waals surface area (Å²) in [7, 11) is -2.19. The Balaban J connectivity index is 1.83. The van der Waals surface area contributed by atoms with E-state index in [1.165, 1.54) is 29.8 Å². The average molecular weight is 611 g/mol. The van der Waals surface area contributed by atoms with Crippen molar-refractivity contribution in [2.75, 3.05) is 31.8 Å². The van der Waals surface area contributed by atoms with Gasteiger partial charge in [-0.2, -0.15) is 4.31 Å². The summed E-state index contributed by atoms with van der Waals surface area (Å²) in [6.45, 7) is 6.82. The van der Waals surface area contributed by atoms with Gasteiger partial charge in [-0.05, 0) is 61.9 Å². The molecule has 3 rings (SSSR count). The lowest BCUT2D eigenvalue weighted by Gasteiger charge is -2.39. The molecule has 1 fully saturated rings. The lowest BCUT2D eigenvalue weighted by molar-refractivity contribution is -0.118. The predicted octanol–water partition coefficient (Wildman–Crippen LogP) is 4.53. The zero-order valence-electron chi connectivity index (χ0n) is 24.1. The molecule has 4 atom stereocenters. The van der Waals surface area contributed by atoms with Gasteiger partial charge in [0.05, 0.1) is 13.4 Å². The van der Waals surface area contributed by atoms with E-state index in [1.807, 2.05) is 20.8 Å². The molecule has 1 saturated heterocycles. The van der Waals surface area contributed by atoms with Crippen molar-refractivity contribution in [3.8, 4) is 0 Å². The number of hydrogen-bond acceptors (Lipinski definition) is 6. The molecule has 12 heteroatoms. The van der Waals surface area contributed by atoms with Crippen LogP contribution < -0.4 is 16.0 Å². The first kappa shape index (κ1) is 32.8. The van der Waals surface area contributed by atoms with E-state index in [4.69, 9.17) is 16.3 Å². The van der Waals surface area contributed by atoms with Gasteiger partial charge in [0.2, 0.25) is 15.9 Å². The number of amides is 2. The SMILES string of the molecule is COC(=O)N[C@H](C(=O)Nc1cccc(F)c1CCC[C@H]1CNC[C@H](C)N1S(C)(=O)=O)[C@@H](c1ccc(Cl)cc1)C(C)C. The molecule has 1 aliphatic heterocycles. The van der Waals surface area contributed by atoms with Gasteiger partial charge in [0.15, 0.2) is 0 Å². The number of nitrogens with one attached hydrogen (secondary N) is 3. The van der Waals surface area contributed by atoms with Crippen molar-refractivity contribution < 1.29 is 27.1 Å². The normalized spacial score (nSPS) is 19.4. The van der Waals surface area contributed by atoms with Gasteiger partial charge in [-0.1, -0.05) is 43.6 Å². The van der Waals surface area contributed by atoms with Crippen LogP contribution in [0.3, 0.4) is 0 Å². The van der Waals surface area contributed by atoms with E-state index in [0.717, 1.165) is 5.56 Å². The quantitative estimate of drug-likeness (QED) is 0.344. The monoisotopic (exact) mass is 610 g/mol. The molecule has 2 amide bonds. The lowest BCUT2D eigenvalue weighted by atomic mass is 9.82. The van der Waals surface area contributed by atoms with Gasteiger partial charge in [0.25, 0.3) is 0 Å². The summed E-state index contributed by atoms with van der Waals surface area (Å²) >= 11 is 6.07. The van der Waals surface area contributed by atoms with Gasteiger partial charge in [-0.3, -0.25) is 4.79 Å². The number of halogens is 2. The third-order valence-electron chi connectivity index (χ3n) is 7.41. The van der Waals surface area contributed by atoms with Crippen LogP contribution in [-0.2, 0) is 26.0 Å². The van der Waals surface area contributed by atoms with Crippen LogP contribution in [0.4, 0.5) is 14.9 Å². The van der Waals surface area contributed by atoms with E-state index >= 15 is 4.39 Å². The van der Waals surface area contributed by atoms with Crippen LogP contribution >= 0.6 is 11.6 Å². The second kappa shape index (κ2) is 14.4. The molecule has 1 aliphatic rings.